The zero-order valence-corrected chi connectivity index (χ0v) is 12.9. The number of hydrogen-bond acceptors (Lipinski definition) is 1. The van der Waals surface area contributed by atoms with Crippen LogP contribution in [-0.4, -0.2) is 5.11 Å². The van der Waals surface area contributed by atoms with Crippen LogP contribution in [0.3, 0.4) is 0 Å². The van der Waals surface area contributed by atoms with Crippen LogP contribution >= 0.6 is 12.2 Å². The second-order valence-electron chi connectivity index (χ2n) is 4.89. The maximum Gasteiger partial charge on any atom is 0.418 e. The second-order valence-corrected chi connectivity index (χ2v) is 5.30. The lowest BCUT2D eigenvalue weighted by atomic mass is 10.1. The topological polar surface area (TPSA) is 24.1 Å². The van der Waals surface area contributed by atoms with E-state index in [4.69, 9.17) is 12.2 Å². The highest BCUT2D eigenvalue weighted by Gasteiger charge is 2.33. The van der Waals surface area contributed by atoms with Crippen LogP contribution in [0.4, 0.5) is 24.5 Å². The van der Waals surface area contributed by atoms with E-state index in [-0.39, 0.29) is 10.8 Å². The molecule has 2 N–H and O–H groups in total. The first-order chi connectivity index (χ1) is 10.3. The number of aryl methyl sites for hydroxylation is 2. The van der Waals surface area contributed by atoms with Crippen LogP contribution in [0.15, 0.2) is 42.5 Å². The SMILES string of the molecule is Cc1cccc(C)c1NC(=S)Nc1ccccc1C(F)(F)F. The van der Waals surface area contributed by atoms with Gasteiger partial charge in [-0.05, 0) is 49.3 Å². The average Bonchev–Trinajstić information content (AvgIpc) is 2.42. The summed E-state index contributed by atoms with van der Waals surface area (Å²) in [7, 11) is 0. The minimum atomic E-state index is -4.43. The Morgan fingerprint density at radius 2 is 1.50 bits per heavy atom. The number of anilines is 2. The average molecular weight is 324 g/mol. The van der Waals surface area contributed by atoms with Gasteiger partial charge in [0.15, 0.2) is 5.11 Å². The molecule has 0 bridgehead atoms. The van der Waals surface area contributed by atoms with Crippen molar-refractivity contribution in [3.8, 4) is 0 Å². The van der Waals surface area contributed by atoms with Gasteiger partial charge in [0.25, 0.3) is 0 Å². The van der Waals surface area contributed by atoms with E-state index in [1.54, 1.807) is 0 Å². The van der Waals surface area contributed by atoms with Crippen LogP contribution < -0.4 is 10.6 Å². The van der Waals surface area contributed by atoms with Crippen molar-refractivity contribution in [2.24, 2.45) is 0 Å². The van der Waals surface area contributed by atoms with Crippen molar-refractivity contribution in [3.05, 3.63) is 59.2 Å². The Kier molecular flexibility index (Phi) is 4.71. The van der Waals surface area contributed by atoms with Gasteiger partial charge in [0.2, 0.25) is 0 Å². The van der Waals surface area contributed by atoms with Crippen LogP contribution in [0.5, 0.6) is 0 Å². The minimum Gasteiger partial charge on any atom is -0.332 e. The Bertz CT molecular complexity index is 676. The number of hydrogen-bond donors (Lipinski definition) is 2. The van der Waals surface area contributed by atoms with Gasteiger partial charge in [-0.2, -0.15) is 13.2 Å². The van der Waals surface area contributed by atoms with Gasteiger partial charge >= 0.3 is 6.18 Å². The molecule has 2 aromatic rings. The standard InChI is InChI=1S/C16H15F3N2S/c1-10-6-5-7-11(2)14(10)21-15(22)20-13-9-4-3-8-12(13)16(17,18)19/h3-9H,1-2H3,(H2,20,21,22). The number of benzene rings is 2. The fourth-order valence-corrected chi connectivity index (χ4v) is 2.33. The second kappa shape index (κ2) is 6.36. The Morgan fingerprint density at radius 1 is 0.909 bits per heavy atom. The molecule has 2 aromatic carbocycles. The summed E-state index contributed by atoms with van der Waals surface area (Å²) in [5.74, 6) is 0. The van der Waals surface area contributed by atoms with Crippen LogP contribution in [0.1, 0.15) is 16.7 Å². The number of halogens is 3. The molecule has 0 radical (unpaired) electrons. The fraction of sp³-hybridized carbons (Fsp3) is 0.188. The highest BCUT2D eigenvalue weighted by atomic mass is 32.1. The van der Waals surface area contributed by atoms with Gasteiger partial charge in [-0.1, -0.05) is 30.3 Å². The highest BCUT2D eigenvalue weighted by Crippen LogP contribution is 2.34. The number of nitrogens with one attached hydrogen (secondary N) is 2. The van der Waals surface area contributed by atoms with E-state index in [9.17, 15) is 13.2 Å². The predicted octanol–water partition coefficient (Wildman–Crippen LogP) is 5.13. The molecule has 2 nitrogen and oxygen atoms in total. The van der Waals surface area contributed by atoms with E-state index in [1.165, 1.54) is 18.2 Å². The first kappa shape index (κ1) is 16.3. The molecule has 0 fully saturated rings. The van der Waals surface area contributed by atoms with Crippen molar-refractivity contribution >= 4 is 28.7 Å². The normalized spacial score (nSPS) is 11.1. The smallest absolute Gasteiger partial charge is 0.332 e. The van der Waals surface area contributed by atoms with Crippen molar-refractivity contribution in [2.45, 2.75) is 20.0 Å². The van der Waals surface area contributed by atoms with E-state index in [1.807, 2.05) is 32.0 Å². The molecule has 0 heterocycles. The fourth-order valence-electron chi connectivity index (χ4n) is 2.12. The van der Waals surface area contributed by atoms with Crippen LogP contribution in [-0.2, 0) is 6.18 Å². The lowest BCUT2D eigenvalue weighted by Gasteiger charge is -2.17. The van der Waals surface area contributed by atoms with Crippen molar-refractivity contribution in [3.63, 3.8) is 0 Å². The van der Waals surface area contributed by atoms with Crippen LogP contribution in [0, 0.1) is 13.8 Å². The first-order valence-corrected chi connectivity index (χ1v) is 7.00. The zero-order valence-electron chi connectivity index (χ0n) is 12.1. The van der Waals surface area contributed by atoms with Gasteiger partial charge in [0, 0.05) is 5.69 Å². The van der Waals surface area contributed by atoms with Gasteiger partial charge in [0.05, 0.1) is 11.3 Å². The maximum atomic E-state index is 13.0. The zero-order chi connectivity index (χ0) is 16.3. The summed E-state index contributed by atoms with van der Waals surface area (Å²) in [5.41, 5.74) is 1.91. The van der Waals surface area contributed by atoms with E-state index in [0.29, 0.717) is 0 Å². The summed E-state index contributed by atoms with van der Waals surface area (Å²) < 4.78 is 38.9. The van der Waals surface area contributed by atoms with E-state index in [0.717, 1.165) is 22.9 Å². The third kappa shape index (κ3) is 3.76. The molecule has 116 valence electrons. The minimum absolute atomic E-state index is 0.0706. The molecule has 0 unspecified atom stereocenters. The quantitative estimate of drug-likeness (QED) is 0.749. The summed E-state index contributed by atoms with van der Waals surface area (Å²) >= 11 is 5.13. The number of rotatable bonds is 2. The number of alkyl halides is 3. The van der Waals surface area contributed by atoms with Crippen LogP contribution in [0.2, 0.25) is 0 Å². The molecule has 0 atom stereocenters. The molecule has 2 rings (SSSR count). The van der Waals surface area contributed by atoms with E-state index >= 15 is 0 Å². The molecule has 6 heteroatoms. The third-order valence-electron chi connectivity index (χ3n) is 3.20. The Hall–Kier alpha value is -2.08. The van der Waals surface area contributed by atoms with Gasteiger partial charge < -0.3 is 10.6 Å². The lowest BCUT2D eigenvalue weighted by molar-refractivity contribution is -0.136. The van der Waals surface area contributed by atoms with Gasteiger partial charge in [-0.25, -0.2) is 0 Å². The molecule has 0 aliphatic heterocycles. The molecule has 0 aromatic heterocycles. The Morgan fingerprint density at radius 3 is 2.09 bits per heavy atom. The van der Waals surface area contributed by atoms with Crippen molar-refractivity contribution in [2.75, 3.05) is 10.6 Å². The van der Waals surface area contributed by atoms with E-state index in [2.05, 4.69) is 10.6 Å². The molecule has 0 aliphatic rings. The van der Waals surface area contributed by atoms with E-state index < -0.39 is 11.7 Å². The van der Waals surface area contributed by atoms with Gasteiger partial charge in [-0.3, -0.25) is 0 Å². The monoisotopic (exact) mass is 324 g/mol. The number of para-hydroxylation sites is 2. The molecule has 0 saturated heterocycles. The first-order valence-electron chi connectivity index (χ1n) is 6.59. The van der Waals surface area contributed by atoms with Crippen molar-refractivity contribution < 1.29 is 13.2 Å². The summed E-state index contributed by atoms with van der Waals surface area (Å²) in [6.45, 7) is 3.81. The summed E-state index contributed by atoms with van der Waals surface area (Å²) in [5, 5.41) is 5.70. The molecular weight excluding hydrogens is 309 g/mol. The van der Waals surface area contributed by atoms with Gasteiger partial charge in [0.1, 0.15) is 0 Å². The molecule has 0 amide bonds. The molecule has 0 spiro atoms. The predicted molar refractivity (Wildman–Crippen MR) is 87.2 cm³/mol. The molecule has 0 aliphatic carbocycles. The summed E-state index contributed by atoms with van der Waals surface area (Å²) in [4.78, 5) is 0. The maximum absolute atomic E-state index is 13.0. The lowest BCUT2D eigenvalue weighted by Crippen LogP contribution is -2.22. The molecule has 0 saturated carbocycles. The summed E-state index contributed by atoms with van der Waals surface area (Å²) in [6.07, 6.45) is -4.43. The Balaban J connectivity index is 2.20. The van der Waals surface area contributed by atoms with Crippen molar-refractivity contribution in [1.82, 2.24) is 0 Å². The Labute approximate surface area is 132 Å². The van der Waals surface area contributed by atoms with Crippen molar-refractivity contribution in [1.29, 1.82) is 0 Å². The molecular formula is C16H15F3N2S. The van der Waals surface area contributed by atoms with Gasteiger partial charge in [-0.15, -0.1) is 0 Å². The summed E-state index contributed by atoms with van der Waals surface area (Å²) in [6, 6.07) is 11.0. The number of thiocarbonyl (C=S) groups is 1. The van der Waals surface area contributed by atoms with Crippen LogP contribution in [0.25, 0.3) is 0 Å². The third-order valence-corrected chi connectivity index (χ3v) is 3.40. The molecule has 22 heavy (non-hydrogen) atoms. The largest absolute Gasteiger partial charge is 0.418 e. The highest BCUT2D eigenvalue weighted by molar-refractivity contribution is 7.80.